The van der Waals surface area contributed by atoms with E-state index in [1.54, 1.807) is 20.8 Å². The SMILES string of the molecule is CC(C)(C)C(=O)COC(=O)c1ccc(Cl)c(S(=O)(=O)N2CCCCC2)c1. The van der Waals surface area contributed by atoms with E-state index in [0.29, 0.717) is 13.1 Å². The third kappa shape index (κ3) is 4.84. The number of hydrogen-bond donors (Lipinski definition) is 0. The number of ether oxygens (including phenoxy) is 1. The zero-order chi connectivity index (χ0) is 19.5. The average molecular weight is 402 g/mol. The second kappa shape index (κ2) is 8.06. The van der Waals surface area contributed by atoms with Crippen molar-refractivity contribution in [2.75, 3.05) is 19.7 Å². The smallest absolute Gasteiger partial charge is 0.338 e. The van der Waals surface area contributed by atoms with Crippen LogP contribution in [0.1, 0.15) is 50.4 Å². The lowest BCUT2D eigenvalue weighted by atomic mass is 9.91. The van der Waals surface area contributed by atoms with Crippen molar-refractivity contribution in [2.45, 2.75) is 44.9 Å². The molecule has 0 spiro atoms. The maximum atomic E-state index is 12.8. The fourth-order valence-electron chi connectivity index (χ4n) is 2.50. The van der Waals surface area contributed by atoms with Crippen molar-refractivity contribution in [3.05, 3.63) is 28.8 Å². The molecule has 0 aromatic heterocycles. The zero-order valence-electron chi connectivity index (χ0n) is 15.2. The van der Waals surface area contributed by atoms with E-state index in [4.69, 9.17) is 16.3 Å². The van der Waals surface area contributed by atoms with Crippen LogP contribution in [-0.4, -0.2) is 44.2 Å². The van der Waals surface area contributed by atoms with Gasteiger partial charge in [-0.1, -0.05) is 38.8 Å². The number of carbonyl (C=O) groups is 2. The van der Waals surface area contributed by atoms with E-state index in [1.807, 2.05) is 0 Å². The first kappa shape index (κ1) is 20.9. The van der Waals surface area contributed by atoms with Crippen LogP contribution in [0.4, 0.5) is 0 Å². The van der Waals surface area contributed by atoms with Crippen molar-refractivity contribution in [1.29, 1.82) is 0 Å². The van der Waals surface area contributed by atoms with Crippen molar-refractivity contribution >= 4 is 33.4 Å². The van der Waals surface area contributed by atoms with E-state index in [0.717, 1.165) is 19.3 Å². The molecule has 0 saturated carbocycles. The summed E-state index contributed by atoms with van der Waals surface area (Å²) >= 11 is 6.08. The molecule has 1 aromatic carbocycles. The van der Waals surface area contributed by atoms with Crippen LogP contribution >= 0.6 is 11.6 Å². The van der Waals surface area contributed by atoms with Crippen molar-refractivity contribution in [1.82, 2.24) is 4.31 Å². The quantitative estimate of drug-likeness (QED) is 0.707. The van der Waals surface area contributed by atoms with Gasteiger partial charge in [-0.25, -0.2) is 13.2 Å². The van der Waals surface area contributed by atoms with Gasteiger partial charge in [0, 0.05) is 18.5 Å². The molecule has 0 amide bonds. The van der Waals surface area contributed by atoms with Crippen LogP contribution in [0.25, 0.3) is 0 Å². The Morgan fingerprint density at radius 3 is 2.35 bits per heavy atom. The van der Waals surface area contributed by atoms with Gasteiger partial charge in [-0.2, -0.15) is 4.31 Å². The third-order valence-electron chi connectivity index (χ3n) is 4.27. The molecule has 0 N–H and O–H groups in total. The minimum atomic E-state index is -3.78. The minimum Gasteiger partial charge on any atom is -0.454 e. The monoisotopic (exact) mass is 401 g/mol. The molecular formula is C18H24ClNO5S. The standard InChI is InChI=1S/C18H24ClNO5S/c1-18(2,3)16(21)12-25-17(22)13-7-8-14(19)15(11-13)26(23,24)20-9-5-4-6-10-20/h7-8,11H,4-6,9-10,12H2,1-3H3. The Labute approximate surface area is 159 Å². The maximum Gasteiger partial charge on any atom is 0.338 e. The van der Waals surface area contributed by atoms with Gasteiger partial charge in [0.2, 0.25) is 10.0 Å². The molecule has 144 valence electrons. The van der Waals surface area contributed by atoms with Crippen molar-refractivity contribution in [3.8, 4) is 0 Å². The van der Waals surface area contributed by atoms with Crippen LogP contribution in [0.2, 0.25) is 5.02 Å². The number of carbonyl (C=O) groups excluding carboxylic acids is 2. The summed E-state index contributed by atoms with van der Waals surface area (Å²) < 4.78 is 32.0. The summed E-state index contributed by atoms with van der Waals surface area (Å²) in [5, 5.41) is 0.0536. The van der Waals surface area contributed by atoms with Gasteiger partial charge in [-0.3, -0.25) is 4.79 Å². The third-order valence-corrected chi connectivity index (χ3v) is 6.65. The average Bonchev–Trinajstić information content (AvgIpc) is 2.59. The summed E-state index contributed by atoms with van der Waals surface area (Å²) in [6, 6.07) is 3.97. The highest BCUT2D eigenvalue weighted by molar-refractivity contribution is 7.89. The van der Waals surface area contributed by atoms with E-state index in [9.17, 15) is 18.0 Å². The summed E-state index contributed by atoms with van der Waals surface area (Å²) in [6.07, 6.45) is 2.59. The number of esters is 1. The molecule has 6 nitrogen and oxygen atoms in total. The van der Waals surface area contributed by atoms with Crippen molar-refractivity contribution in [3.63, 3.8) is 0 Å². The Hall–Kier alpha value is -1.44. The first-order chi connectivity index (χ1) is 12.0. The topological polar surface area (TPSA) is 80.8 Å². The number of sulfonamides is 1. The number of Topliss-reactive ketones (excluding diaryl/α,β-unsaturated/α-hetero) is 1. The number of piperidine rings is 1. The van der Waals surface area contributed by atoms with Crippen LogP contribution < -0.4 is 0 Å². The molecule has 1 saturated heterocycles. The lowest BCUT2D eigenvalue weighted by Crippen LogP contribution is -2.35. The first-order valence-corrected chi connectivity index (χ1v) is 10.4. The lowest BCUT2D eigenvalue weighted by Gasteiger charge is -2.26. The van der Waals surface area contributed by atoms with Gasteiger partial charge in [0.25, 0.3) is 0 Å². The fraction of sp³-hybridized carbons (Fsp3) is 0.556. The molecule has 2 rings (SSSR count). The van der Waals surface area contributed by atoms with Gasteiger partial charge in [0.1, 0.15) is 4.90 Å². The summed E-state index contributed by atoms with van der Waals surface area (Å²) in [4.78, 5) is 24.0. The number of nitrogens with zero attached hydrogens (tertiary/aromatic N) is 1. The number of rotatable bonds is 5. The molecule has 1 aliphatic heterocycles. The summed E-state index contributed by atoms with van der Waals surface area (Å²) in [5.74, 6) is -0.977. The number of ketones is 1. The normalized spacial score (nSPS) is 16.3. The molecule has 0 atom stereocenters. The van der Waals surface area contributed by atoms with E-state index in [1.165, 1.54) is 22.5 Å². The predicted octanol–water partition coefficient (Wildman–Crippen LogP) is 3.29. The minimum absolute atomic E-state index is 0.0479. The van der Waals surface area contributed by atoms with Crippen molar-refractivity contribution < 1.29 is 22.7 Å². The van der Waals surface area contributed by atoms with E-state index >= 15 is 0 Å². The highest BCUT2D eigenvalue weighted by Crippen LogP contribution is 2.28. The van der Waals surface area contributed by atoms with E-state index in [2.05, 4.69) is 0 Å². The van der Waals surface area contributed by atoms with Gasteiger partial charge >= 0.3 is 5.97 Å². The van der Waals surface area contributed by atoms with Crippen LogP contribution in [-0.2, 0) is 19.6 Å². The van der Waals surface area contributed by atoms with Gasteiger partial charge in [-0.15, -0.1) is 0 Å². The summed E-state index contributed by atoms with van der Waals surface area (Å²) in [6.45, 7) is 5.71. The molecule has 26 heavy (non-hydrogen) atoms. The Bertz CT molecular complexity index is 792. The molecule has 8 heteroatoms. The zero-order valence-corrected chi connectivity index (χ0v) is 16.8. The highest BCUT2D eigenvalue weighted by Gasteiger charge is 2.29. The fourth-order valence-corrected chi connectivity index (χ4v) is 4.52. The molecule has 1 heterocycles. The molecule has 0 unspecified atom stereocenters. The first-order valence-electron chi connectivity index (χ1n) is 8.53. The van der Waals surface area contributed by atoms with Gasteiger partial charge < -0.3 is 4.74 Å². The Kier molecular flexibility index (Phi) is 6.47. The number of halogens is 1. The Morgan fingerprint density at radius 1 is 1.15 bits per heavy atom. The molecule has 0 bridgehead atoms. The van der Waals surface area contributed by atoms with Gasteiger partial charge in [0.15, 0.2) is 12.4 Å². The largest absolute Gasteiger partial charge is 0.454 e. The molecule has 0 aliphatic carbocycles. The molecule has 1 aromatic rings. The molecular weight excluding hydrogens is 378 g/mol. The predicted molar refractivity (Wildman–Crippen MR) is 98.8 cm³/mol. The van der Waals surface area contributed by atoms with E-state index < -0.39 is 21.4 Å². The van der Waals surface area contributed by atoms with Crippen LogP contribution in [0, 0.1) is 5.41 Å². The summed E-state index contributed by atoms with van der Waals surface area (Å²) in [7, 11) is -3.78. The molecule has 1 aliphatic rings. The Morgan fingerprint density at radius 2 is 1.77 bits per heavy atom. The second-order valence-corrected chi connectivity index (χ2v) is 9.67. The van der Waals surface area contributed by atoms with Gasteiger partial charge in [-0.05, 0) is 31.0 Å². The van der Waals surface area contributed by atoms with Gasteiger partial charge in [0.05, 0.1) is 10.6 Å². The second-order valence-electron chi connectivity index (χ2n) is 7.36. The van der Waals surface area contributed by atoms with Crippen molar-refractivity contribution in [2.24, 2.45) is 5.41 Å². The number of benzene rings is 1. The van der Waals surface area contributed by atoms with E-state index in [-0.39, 0.29) is 27.9 Å². The highest BCUT2D eigenvalue weighted by atomic mass is 35.5. The lowest BCUT2D eigenvalue weighted by molar-refractivity contribution is -0.129. The summed E-state index contributed by atoms with van der Waals surface area (Å²) in [5.41, 5.74) is -0.574. The molecule has 1 fully saturated rings. The Balaban J connectivity index is 2.21. The van der Waals surface area contributed by atoms with Crippen LogP contribution in [0.15, 0.2) is 23.1 Å². The maximum absolute atomic E-state index is 12.8. The molecule has 0 radical (unpaired) electrons. The number of hydrogen-bond acceptors (Lipinski definition) is 5. The van der Waals surface area contributed by atoms with Crippen LogP contribution in [0.5, 0.6) is 0 Å². The van der Waals surface area contributed by atoms with Crippen LogP contribution in [0.3, 0.4) is 0 Å².